The van der Waals surface area contributed by atoms with Crippen molar-refractivity contribution in [3.05, 3.63) is 68.4 Å². The average Bonchev–Trinajstić information content (AvgIpc) is 2.67. The fraction of sp³-hybridized carbons (Fsp3) is 0.273. The van der Waals surface area contributed by atoms with E-state index in [0.717, 1.165) is 52.2 Å². The van der Waals surface area contributed by atoms with Crippen LogP contribution in [0.1, 0.15) is 54.1 Å². The van der Waals surface area contributed by atoms with Gasteiger partial charge in [-0.15, -0.1) is 0 Å². The first-order chi connectivity index (χ1) is 12.7. The van der Waals surface area contributed by atoms with Crippen molar-refractivity contribution in [2.75, 3.05) is 0 Å². The second-order valence-corrected chi connectivity index (χ2v) is 8.10. The van der Waals surface area contributed by atoms with Crippen LogP contribution in [0.2, 0.25) is 0 Å². The molecule has 0 aliphatic heterocycles. The van der Waals surface area contributed by atoms with Crippen LogP contribution in [-0.4, -0.2) is 10.4 Å². The Labute approximate surface area is 159 Å². The number of fused-ring (bicyclic) bond motifs is 2. The molecule has 0 amide bonds. The molecule has 1 saturated carbocycles. The summed E-state index contributed by atoms with van der Waals surface area (Å²) in [6.07, 6.45) is 5.62. The fourth-order valence-corrected chi connectivity index (χ4v) is 5.13. The average molecular weight is 408 g/mol. The maximum atomic E-state index is 13.2. The summed E-state index contributed by atoms with van der Waals surface area (Å²) in [5, 5.41) is 0.910. The smallest absolute Gasteiger partial charge is 0.251 e. The van der Waals surface area contributed by atoms with Gasteiger partial charge in [0.1, 0.15) is 0 Å². The fourth-order valence-electron chi connectivity index (χ4n) is 4.62. The topological polar surface area (TPSA) is 39.1 Å². The highest BCUT2D eigenvalue weighted by molar-refractivity contribution is 9.10. The van der Waals surface area contributed by atoms with Crippen LogP contribution in [0.3, 0.4) is 0 Å². The predicted molar refractivity (Wildman–Crippen MR) is 107 cm³/mol. The lowest BCUT2D eigenvalue weighted by Gasteiger charge is -2.28. The van der Waals surface area contributed by atoms with Gasteiger partial charge in [0.15, 0.2) is 5.78 Å². The van der Waals surface area contributed by atoms with Gasteiger partial charge in [0, 0.05) is 33.1 Å². The molecule has 2 aliphatic carbocycles. The second kappa shape index (κ2) is 5.92. The van der Waals surface area contributed by atoms with Crippen LogP contribution in [0, 0.1) is 0 Å². The zero-order valence-corrected chi connectivity index (χ0v) is 15.9. The third-order valence-electron chi connectivity index (χ3n) is 5.80. The lowest BCUT2D eigenvalue weighted by Crippen LogP contribution is -2.28. The number of carbonyl (C=O) groups is 1. The highest BCUT2D eigenvalue weighted by atomic mass is 79.9. The first-order valence-electron chi connectivity index (χ1n) is 9.18. The minimum Gasteiger partial charge on any atom is -0.305 e. The Balaban J connectivity index is 1.91. The van der Waals surface area contributed by atoms with Gasteiger partial charge >= 0.3 is 0 Å². The number of halogens is 1. The summed E-state index contributed by atoms with van der Waals surface area (Å²) in [5.41, 5.74) is 4.02. The van der Waals surface area contributed by atoms with Gasteiger partial charge in [-0.25, -0.2) is 0 Å². The van der Waals surface area contributed by atoms with E-state index in [4.69, 9.17) is 0 Å². The van der Waals surface area contributed by atoms with E-state index < -0.39 is 0 Å². The Kier molecular flexibility index (Phi) is 3.64. The van der Waals surface area contributed by atoms with Crippen molar-refractivity contribution >= 4 is 32.6 Å². The highest BCUT2D eigenvalue weighted by Gasteiger charge is 2.30. The molecule has 0 saturated heterocycles. The minimum absolute atomic E-state index is 0.0272. The van der Waals surface area contributed by atoms with Crippen molar-refractivity contribution in [1.82, 2.24) is 4.57 Å². The summed E-state index contributed by atoms with van der Waals surface area (Å²) in [6, 6.07) is 13.4. The van der Waals surface area contributed by atoms with E-state index >= 15 is 0 Å². The lowest BCUT2D eigenvalue weighted by molar-refractivity contribution is 0.103. The maximum absolute atomic E-state index is 13.2. The van der Waals surface area contributed by atoms with Gasteiger partial charge in [0.25, 0.3) is 5.56 Å². The molecule has 26 heavy (non-hydrogen) atoms. The van der Waals surface area contributed by atoms with Crippen LogP contribution in [0.25, 0.3) is 22.0 Å². The molecule has 1 heterocycles. The van der Waals surface area contributed by atoms with E-state index in [1.165, 1.54) is 6.42 Å². The van der Waals surface area contributed by atoms with Crippen molar-refractivity contribution < 1.29 is 4.79 Å². The number of pyridine rings is 1. The monoisotopic (exact) mass is 407 g/mol. The zero-order valence-electron chi connectivity index (χ0n) is 14.3. The summed E-state index contributed by atoms with van der Waals surface area (Å²) in [7, 11) is 0. The predicted octanol–water partition coefficient (Wildman–Crippen LogP) is 5.48. The Hall–Kier alpha value is -2.20. The molecule has 0 atom stereocenters. The third-order valence-corrected chi connectivity index (χ3v) is 6.46. The van der Waals surface area contributed by atoms with E-state index in [1.54, 1.807) is 6.07 Å². The van der Waals surface area contributed by atoms with Crippen molar-refractivity contribution in [3.8, 4) is 11.1 Å². The number of rotatable bonds is 1. The van der Waals surface area contributed by atoms with Crippen LogP contribution < -0.4 is 5.56 Å². The molecule has 2 aromatic carbocycles. The maximum Gasteiger partial charge on any atom is 0.251 e. The van der Waals surface area contributed by atoms with Crippen LogP contribution in [0.15, 0.2) is 51.7 Å². The number of benzene rings is 2. The van der Waals surface area contributed by atoms with E-state index in [2.05, 4.69) is 15.9 Å². The highest BCUT2D eigenvalue weighted by Crippen LogP contribution is 2.42. The van der Waals surface area contributed by atoms with Gasteiger partial charge in [0.05, 0.1) is 5.52 Å². The SMILES string of the molecule is O=C1c2ccccc2-c2cc(=O)n(C3CCCCC3)c3ccc(Br)c1c23. The molecule has 0 N–H and O–H groups in total. The number of nitrogens with zero attached hydrogens (tertiary/aromatic N) is 1. The van der Waals surface area contributed by atoms with Gasteiger partial charge in [-0.2, -0.15) is 0 Å². The first kappa shape index (κ1) is 16.0. The molecule has 4 heteroatoms. The molecule has 0 radical (unpaired) electrons. The normalized spacial score (nSPS) is 16.7. The van der Waals surface area contributed by atoms with Crippen LogP contribution in [0.5, 0.6) is 0 Å². The van der Waals surface area contributed by atoms with Gasteiger partial charge < -0.3 is 4.57 Å². The second-order valence-electron chi connectivity index (χ2n) is 7.25. The summed E-state index contributed by atoms with van der Waals surface area (Å²) < 4.78 is 2.73. The molecule has 2 aliphatic rings. The molecule has 0 bridgehead atoms. The molecule has 3 aromatic rings. The number of hydrogen-bond donors (Lipinski definition) is 0. The van der Waals surface area contributed by atoms with Gasteiger partial charge in [-0.1, -0.05) is 59.5 Å². The van der Waals surface area contributed by atoms with E-state index in [-0.39, 0.29) is 17.4 Å². The van der Waals surface area contributed by atoms with E-state index in [0.29, 0.717) is 11.1 Å². The molecule has 0 unspecified atom stereocenters. The summed E-state index contributed by atoms with van der Waals surface area (Å²) in [4.78, 5) is 26.3. The lowest BCUT2D eigenvalue weighted by atomic mass is 9.83. The summed E-state index contributed by atoms with van der Waals surface area (Å²) in [6.45, 7) is 0. The molecule has 5 rings (SSSR count). The quantitative estimate of drug-likeness (QED) is 0.418. The van der Waals surface area contributed by atoms with Crippen molar-refractivity contribution in [2.24, 2.45) is 0 Å². The molecule has 130 valence electrons. The molecule has 3 nitrogen and oxygen atoms in total. The Morgan fingerprint density at radius 1 is 0.885 bits per heavy atom. The number of carbonyl (C=O) groups excluding carboxylic acids is 1. The van der Waals surface area contributed by atoms with Crippen molar-refractivity contribution in [1.29, 1.82) is 0 Å². The number of hydrogen-bond acceptors (Lipinski definition) is 2. The van der Waals surface area contributed by atoms with Crippen molar-refractivity contribution in [3.63, 3.8) is 0 Å². The molecular formula is C22H18BrNO2. The van der Waals surface area contributed by atoms with E-state index in [1.807, 2.05) is 41.0 Å². The number of ketones is 1. The molecule has 1 aromatic heterocycles. The van der Waals surface area contributed by atoms with Gasteiger partial charge in [-0.3, -0.25) is 9.59 Å². The molecule has 1 fully saturated rings. The van der Waals surface area contributed by atoms with Crippen LogP contribution in [-0.2, 0) is 0 Å². The standard InChI is InChI=1S/C22H18BrNO2/c23-17-10-11-18-20-16(12-19(25)24(18)13-6-2-1-3-7-13)14-8-4-5-9-15(14)22(26)21(17)20/h4-5,8-13H,1-3,6-7H2. The molecule has 0 spiro atoms. The van der Waals surface area contributed by atoms with Crippen molar-refractivity contribution in [2.45, 2.75) is 38.1 Å². The Bertz CT molecular complexity index is 1120. The van der Waals surface area contributed by atoms with Crippen LogP contribution in [0.4, 0.5) is 0 Å². The van der Waals surface area contributed by atoms with Gasteiger partial charge in [-0.05, 0) is 36.1 Å². The van der Waals surface area contributed by atoms with Gasteiger partial charge in [0.2, 0.25) is 0 Å². The Morgan fingerprint density at radius 3 is 2.38 bits per heavy atom. The summed E-state index contributed by atoms with van der Waals surface area (Å²) in [5.74, 6) is 0.0272. The molecular weight excluding hydrogens is 390 g/mol. The number of aromatic nitrogens is 1. The third kappa shape index (κ3) is 2.18. The summed E-state index contributed by atoms with van der Waals surface area (Å²) >= 11 is 3.57. The Morgan fingerprint density at radius 2 is 1.62 bits per heavy atom. The minimum atomic E-state index is 0.0272. The first-order valence-corrected chi connectivity index (χ1v) is 9.98. The largest absolute Gasteiger partial charge is 0.305 e. The zero-order chi connectivity index (χ0) is 17.8. The van der Waals surface area contributed by atoms with Crippen LogP contribution >= 0.6 is 15.9 Å². The van der Waals surface area contributed by atoms with E-state index in [9.17, 15) is 9.59 Å².